The van der Waals surface area contributed by atoms with Crippen LogP contribution in [0.5, 0.6) is 0 Å². The molecule has 0 fully saturated rings. The van der Waals surface area contributed by atoms with Crippen LogP contribution in [0.3, 0.4) is 0 Å². The van der Waals surface area contributed by atoms with Crippen molar-refractivity contribution in [3.63, 3.8) is 0 Å². The van der Waals surface area contributed by atoms with Gasteiger partial charge in [-0.3, -0.25) is 4.90 Å². The Morgan fingerprint density at radius 3 is 2.71 bits per heavy atom. The zero-order valence-electron chi connectivity index (χ0n) is 15.1. The molecule has 1 aliphatic rings. The van der Waals surface area contributed by atoms with Crippen molar-refractivity contribution in [3.05, 3.63) is 34.5 Å². The van der Waals surface area contributed by atoms with Gasteiger partial charge in [-0.25, -0.2) is 4.79 Å². The molecule has 0 amide bonds. The smallest absolute Gasteiger partial charge is 0.338 e. The van der Waals surface area contributed by atoms with Crippen LogP contribution in [-0.2, 0) is 19.5 Å². The average Bonchev–Trinajstić information content (AvgIpc) is 2.87. The first-order chi connectivity index (χ1) is 11.6. The molecule has 0 saturated heterocycles. The Morgan fingerprint density at radius 1 is 1.25 bits per heavy atom. The average molecular weight is 328 g/mol. The van der Waals surface area contributed by atoms with Crippen LogP contribution in [0.2, 0.25) is 0 Å². The van der Waals surface area contributed by atoms with E-state index in [4.69, 9.17) is 0 Å². The summed E-state index contributed by atoms with van der Waals surface area (Å²) in [6.07, 6.45) is 4.48. The Labute approximate surface area is 144 Å². The minimum Gasteiger partial charge on any atom is -0.478 e. The van der Waals surface area contributed by atoms with E-state index in [1.54, 1.807) is 0 Å². The first kappa shape index (κ1) is 17.0. The van der Waals surface area contributed by atoms with E-state index in [-0.39, 0.29) is 0 Å². The maximum Gasteiger partial charge on any atom is 0.338 e. The molecule has 0 atom stereocenters. The van der Waals surface area contributed by atoms with Crippen LogP contribution in [-0.4, -0.2) is 33.6 Å². The van der Waals surface area contributed by atoms with E-state index in [1.807, 2.05) is 13.0 Å². The van der Waals surface area contributed by atoms with Gasteiger partial charge in [0.2, 0.25) is 0 Å². The van der Waals surface area contributed by atoms with Crippen molar-refractivity contribution in [2.75, 3.05) is 13.1 Å². The molecule has 1 aliphatic heterocycles. The van der Waals surface area contributed by atoms with Gasteiger partial charge in [0.1, 0.15) is 0 Å². The predicted molar refractivity (Wildman–Crippen MR) is 97.8 cm³/mol. The Balaban J connectivity index is 2.21. The normalized spacial score (nSPS) is 15.0. The Bertz CT molecular complexity index is 761. The largest absolute Gasteiger partial charge is 0.478 e. The monoisotopic (exact) mass is 328 g/mol. The van der Waals surface area contributed by atoms with E-state index in [0.29, 0.717) is 5.56 Å². The number of aromatic nitrogens is 1. The standard InChI is InChI=1S/C20H28N2O2/c1-4-6-7-11-22-17-10-12-21(5-2)13-16(17)15-9-8-14(3)18(19(15)22)20(23)24/h8-9H,4-7,10-13H2,1-3H3,(H,23,24). The molecule has 4 heteroatoms. The minimum atomic E-state index is -0.808. The van der Waals surface area contributed by atoms with Gasteiger partial charge >= 0.3 is 5.97 Å². The zero-order chi connectivity index (χ0) is 17.3. The minimum absolute atomic E-state index is 0.487. The summed E-state index contributed by atoms with van der Waals surface area (Å²) in [6.45, 7) is 10.3. The van der Waals surface area contributed by atoms with Gasteiger partial charge < -0.3 is 9.67 Å². The Kier molecular flexibility index (Phi) is 4.95. The molecular weight excluding hydrogens is 300 g/mol. The van der Waals surface area contributed by atoms with Crippen molar-refractivity contribution in [3.8, 4) is 0 Å². The van der Waals surface area contributed by atoms with Crippen molar-refractivity contribution in [2.24, 2.45) is 0 Å². The number of likely N-dealkylation sites (N-methyl/N-ethyl adjacent to an activating group) is 1. The molecule has 1 N–H and O–H groups in total. The van der Waals surface area contributed by atoms with E-state index >= 15 is 0 Å². The fourth-order valence-electron chi connectivity index (χ4n) is 4.00. The van der Waals surface area contributed by atoms with E-state index < -0.39 is 5.97 Å². The molecule has 4 nitrogen and oxygen atoms in total. The number of benzene rings is 1. The van der Waals surface area contributed by atoms with Crippen LogP contribution in [0, 0.1) is 6.92 Å². The second-order valence-corrected chi connectivity index (χ2v) is 6.86. The second-order valence-electron chi connectivity index (χ2n) is 6.86. The molecule has 0 radical (unpaired) electrons. The third kappa shape index (κ3) is 2.84. The molecule has 130 valence electrons. The van der Waals surface area contributed by atoms with Gasteiger partial charge in [0, 0.05) is 37.1 Å². The summed E-state index contributed by atoms with van der Waals surface area (Å²) in [5.74, 6) is -0.808. The molecule has 0 spiro atoms. The number of aromatic carboxylic acids is 1. The van der Waals surface area contributed by atoms with Crippen LogP contribution in [0.25, 0.3) is 10.9 Å². The molecule has 0 bridgehead atoms. The quantitative estimate of drug-likeness (QED) is 0.808. The lowest BCUT2D eigenvalue weighted by atomic mass is 10.0. The Hall–Kier alpha value is -1.81. The number of hydrogen-bond donors (Lipinski definition) is 1. The van der Waals surface area contributed by atoms with Crippen molar-refractivity contribution in [1.29, 1.82) is 0 Å². The molecule has 3 rings (SSSR count). The molecule has 2 aromatic rings. The Morgan fingerprint density at radius 2 is 2.04 bits per heavy atom. The van der Waals surface area contributed by atoms with Crippen molar-refractivity contribution >= 4 is 16.9 Å². The van der Waals surface area contributed by atoms with E-state index in [2.05, 4.69) is 29.4 Å². The van der Waals surface area contributed by atoms with Crippen molar-refractivity contribution in [2.45, 2.75) is 59.5 Å². The molecule has 24 heavy (non-hydrogen) atoms. The summed E-state index contributed by atoms with van der Waals surface area (Å²) in [5, 5.41) is 10.9. The van der Waals surface area contributed by atoms with Gasteiger partial charge in [-0.1, -0.05) is 38.8 Å². The van der Waals surface area contributed by atoms with Crippen LogP contribution in [0.1, 0.15) is 60.3 Å². The number of carboxylic acids is 1. The predicted octanol–water partition coefficient (Wildman–Crippen LogP) is 4.22. The highest BCUT2D eigenvalue weighted by atomic mass is 16.4. The van der Waals surface area contributed by atoms with Crippen LogP contribution >= 0.6 is 0 Å². The van der Waals surface area contributed by atoms with Crippen LogP contribution in [0.4, 0.5) is 0 Å². The first-order valence-electron chi connectivity index (χ1n) is 9.17. The third-order valence-electron chi connectivity index (χ3n) is 5.35. The number of carbonyl (C=O) groups is 1. The van der Waals surface area contributed by atoms with Gasteiger partial charge in [-0.2, -0.15) is 0 Å². The molecule has 2 heterocycles. The molecule has 0 saturated carbocycles. The van der Waals surface area contributed by atoms with Gasteiger partial charge in [0.25, 0.3) is 0 Å². The maximum atomic E-state index is 11.9. The molecule has 1 aromatic carbocycles. The number of carboxylic acid groups (broad SMARTS) is 1. The lowest BCUT2D eigenvalue weighted by Crippen LogP contribution is -2.30. The molecular formula is C20H28N2O2. The van der Waals surface area contributed by atoms with Crippen molar-refractivity contribution in [1.82, 2.24) is 9.47 Å². The fraction of sp³-hybridized carbons (Fsp3) is 0.550. The highest BCUT2D eigenvalue weighted by Gasteiger charge is 2.26. The highest BCUT2D eigenvalue weighted by molar-refractivity contribution is 6.05. The van der Waals surface area contributed by atoms with Crippen LogP contribution < -0.4 is 0 Å². The lowest BCUT2D eigenvalue weighted by molar-refractivity contribution is 0.0698. The lowest BCUT2D eigenvalue weighted by Gasteiger charge is -2.27. The summed E-state index contributed by atoms with van der Waals surface area (Å²) in [6, 6.07) is 4.10. The summed E-state index contributed by atoms with van der Waals surface area (Å²) in [7, 11) is 0. The fourth-order valence-corrected chi connectivity index (χ4v) is 4.00. The van der Waals surface area contributed by atoms with E-state index in [1.165, 1.54) is 24.1 Å². The second kappa shape index (κ2) is 6.98. The van der Waals surface area contributed by atoms with E-state index in [0.717, 1.165) is 55.5 Å². The number of hydrogen-bond acceptors (Lipinski definition) is 2. The van der Waals surface area contributed by atoms with Gasteiger partial charge in [0.05, 0.1) is 11.1 Å². The number of rotatable bonds is 6. The summed E-state index contributed by atoms with van der Waals surface area (Å²) < 4.78 is 2.32. The van der Waals surface area contributed by atoms with Gasteiger partial charge in [0.15, 0.2) is 0 Å². The maximum absolute atomic E-state index is 11.9. The van der Waals surface area contributed by atoms with Crippen LogP contribution in [0.15, 0.2) is 12.1 Å². The molecule has 1 aromatic heterocycles. The SMILES string of the molecule is CCCCCn1c2c(c3ccc(C)c(C(=O)O)c31)CN(CC)CC2. The number of aryl methyl sites for hydroxylation is 2. The van der Waals surface area contributed by atoms with Gasteiger partial charge in [-0.15, -0.1) is 0 Å². The first-order valence-corrected chi connectivity index (χ1v) is 9.17. The molecule has 0 unspecified atom stereocenters. The molecule has 0 aliphatic carbocycles. The number of unbranched alkanes of at least 4 members (excludes halogenated alkanes) is 2. The summed E-state index contributed by atoms with van der Waals surface area (Å²) in [4.78, 5) is 14.4. The topological polar surface area (TPSA) is 45.5 Å². The summed E-state index contributed by atoms with van der Waals surface area (Å²) in [5.41, 5.74) is 4.99. The number of nitrogens with zero attached hydrogens (tertiary/aromatic N) is 2. The zero-order valence-corrected chi connectivity index (χ0v) is 15.1. The van der Waals surface area contributed by atoms with E-state index in [9.17, 15) is 9.90 Å². The van der Waals surface area contributed by atoms with Gasteiger partial charge in [-0.05, 0) is 31.0 Å². The number of fused-ring (bicyclic) bond motifs is 3. The third-order valence-corrected chi connectivity index (χ3v) is 5.35. The summed E-state index contributed by atoms with van der Waals surface area (Å²) >= 11 is 0. The van der Waals surface area contributed by atoms with Crippen molar-refractivity contribution < 1.29 is 9.90 Å². The highest BCUT2D eigenvalue weighted by Crippen LogP contribution is 2.34.